The maximum Gasteiger partial charge on any atom is 0.253 e. The van der Waals surface area contributed by atoms with Gasteiger partial charge in [0.2, 0.25) is 10.0 Å². The highest BCUT2D eigenvalue weighted by molar-refractivity contribution is 7.92. The molecule has 2 atom stereocenters. The number of aliphatic hydroxyl groups is 1. The van der Waals surface area contributed by atoms with Crippen molar-refractivity contribution in [3.05, 3.63) is 59.2 Å². The Labute approximate surface area is 225 Å². The number of amides is 1. The van der Waals surface area contributed by atoms with Crippen molar-refractivity contribution in [3.63, 3.8) is 0 Å². The third-order valence-electron chi connectivity index (χ3n) is 5.67. The fourth-order valence-electron chi connectivity index (χ4n) is 3.52. The molecule has 212 valence electrons. The number of anilines is 1. The first-order valence-corrected chi connectivity index (χ1v) is 15.8. The second kappa shape index (κ2) is 14.4. The Kier molecular flexibility index (Phi) is 12.0. The molecule has 1 amide bonds. The number of carbonyl (C=O) groups is 1. The van der Waals surface area contributed by atoms with E-state index in [2.05, 4.69) is 14.9 Å². The molecular weight excluding hydrogens is 532 g/mol. The number of rotatable bonds is 16. The van der Waals surface area contributed by atoms with Crippen molar-refractivity contribution in [2.75, 3.05) is 44.3 Å². The van der Waals surface area contributed by atoms with Crippen LogP contribution < -0.4 is 14.8 Å². The maximum absolute atomic E-state index is 12.7. The van der Waals surface area contributed by atoms with Crippen molar-refractivity contribution in [1.82, 2.24) is 10.2 Å². The van der Waals surface area contributed by atoms with Gasteiger partial charge in [0.1, 0.15) is 12.4 Å². The van der Waals surface area contributed by atoms with Crippen molar-refractivity contribution in [1.29, 1.82) is 4.78 Å². The van der Waals surface area contributed by atoms with Crippen molar-refractivity contribution in [2.24, 2.45) is 0 Å². The van der Waals surface area contributed by atoms with E-state index in [9.17, 15) is 22.5 Å². The molecule has 2 unspecified atom stereocenters. The zero-order valence-corrected chi connectivity index (χ0v) is 23.6. The van der Waals surface area contributed by atoms with Crippen LogP contribution in [-0.2, 0) is 32.2 Å². The van der Waals surface area contributed by atoms with Crippen LogP contribution in [-0.4, -0.2) is 78.7 Å². The van der Waals surface area contributed by atoms with E-state index in [1.807, 2.05) is 26.1 Å². The highest BCUT2D eigenvalue weighted by Gasteiger charge is 2.16. The normalized spacial score (nSPS) is 14.1. The second-order valence-corrected chi connectivity index (χ2v) is 12.5. The van der Waals surface area contributed by atoms with Gasteiger partial charge < -0.3 is 24.6 Å². The standard InChI is InChI=1S/C25H38N4O7S2/c1-4-21(30)11-13-27-25(31)23-17-22(9-10-24(23)28-37(3,32)33)36-16-15-29(2)14-12-19-5-7-20(8-6-19)18-38(26,34)35/h5-10,17,21,28,30H,4,11-16,18H2,1-3H3,(H,27,31)(H2,26,34,35). The Bertz CT molecular complexity index is 1270. The fourth-order valence-corrected chi connectivity index (χ4v) is 4.74. The van der Waals surface area contributed by atoms with Crippen molar-refractivity contribution >= 4 is 31.6 Å². The van der Waals surface area contributed by atoms with Crippen LogP contribution in [0.4, 0.5) is 5.69 Å². The zero-order chi connectivity index (χ0) is 28.3. The molecule has 0 aliphatic rings. The summed E-state index contributed by atoms with van der Waals surface area (Å²) in [4.78, 5) is 14.8. The lowest BCUT2D eigenvalue weighted by Crippen LogP contribution is -2.28. The summed E-state index contributed by atoms with van der Waals surface area (Å²) >= 11 is 0. The number of benzene rings is 2. The molecule has 13 heteroatoms. The molecule has 38 heavy (non-hydrogen) atoms. The SMILES string of the molecule is CCC(O)CCNC(=O)c1cc(OCCN(C)CCc2ccc(CS(=N)(=O)O)cc2)ccc1NS(C)(=O)=O. The lowest BCUT2D eigenvalue weighted by Gasteiger charge is -2.18. The van der Waals surface area contributed by atoms with Gasteiger partial charge in [0, 0.05) is 19.6 Å². The predicted octanol–water partition coefficient (Wildman–Crippen LogP) is 2.52. The number of aliphatic hydroxyl groups excluding tert-OH is 1. The molecule has 11 nitrogen and oxygen atoms in total. The van der Waals surface area contributed by atoms with Crippen LogP contribution in [0.15, 0.2) is 42.5 Å². The third-order valence-corrected chi connectivity index (χ3v) is 6.99. The summed E-state index contributed by atoms with van der Waals surface area (Å²) in [5.41, 5.74) is 1.97. The van der Waals surface area contributed by atoms with Crippen LogP contribution in [0.1, 0.15) is 41.3 Å². The van der Waals surface area contributed by atoms with Crippen molar-refractivity contribution < 1.29 is 31.8 Å². The Morgan fingerprint density at radius 1 is 1.11 bits per heavy atom. The number of hydrogen-bond donors (Lipinski definition) is 5. The van der Waals surface area contributed by atoms with Gasteiger partial charge in [-0.05, 0) is 55.6 Å². The molecule has 0 radical (unpaired) electrons. The van der Waals surface area contributed by atoms with E-state index in [1.165, 1.54) is 12.1 Å². The summed E-state index contributed by atoms with van der Waals surface area (Å²) in [7, 11) is -5.22. The molecule has 0 fully saturated rings. The van der Waals surface area contributed by atoms with E-state index < -0.39 is 32.0 Å². The molecule has 0 saturated carbocycles. The predicted molar refractivity (Wildman–Crippen MR) is 148 cm³/mol. The highest BCUT2D eigenvalue weighted by atomic mass is 32.2. The molecular formula is C25H38N4O7S2. The molecule has 0 spiro atoms. The van der Waals surface area contributed by atoms with Crippen LogP contribution in [0, 0.1) is 4.78 Å². The maximum atomic E-state index is 12.7. The molecule has 2 rings (SSSR count). The van der Waals surface area contributed by atoms with E-state index in [-0.39, 0.29) is 23.5 Å². The van der Waals surface area contributed by atoms with Gasteiger partial charge in [0.05, 0.1) is 29.4 Å². The number of ether oxygens (including phenoxy) is 1. The van der Waals surface area contributed by atoms with Crippen LogP contribution in [0.25, 0.3) is 0 Å². The van der Waals surface area contributed by atoms with Crippen LogP contribution >= 0.6 is 0 Å². The summed E-state index contributed by atoms with van der Waals surface area (Å²) in [6.45, 7) is 3.77. The first-order valence-electron chi connectivity index (χ1n) is 12.2. The van der Waals surface area contributed by atoms with Gasteiger partial charge in [-0.1, -0.05) is 31.2 Å². The first-order chi connectivity index (χ1) is 17.8. The average molecular weight is 571 g/mol. The fraction of sp³-hybridized carbons (Fsp3) is 0.480. The van der Waals surface area contributed by atoms with Gasteiger partial charge in [-0.3, -0.25) is 9.52 Å². The van der Waals surface area contributed by atoms with Gasteiger partial charge in [-0.2, -0.15) is 0 Å². The summed E-state index contributed by atoms with van der Waals surface area (Å²) in [6.07, 6.45) is 2.20. The summed E-state index contributed by atoms with van der Waals surface area (Å²) in [5, 5.41) is 12.4. The molecule has 2 aromatic carbocycles. The van der Waals surface area contributed by atoms with Gasteiger partial charge in [-0.25, -0.2) is 17.4 Å². The minimum Gasteiger partial charge on any atom is -0.492 e. The quantitative estimate of drug-likeness (QED) is 0.205. The van der Waals surface area contributed by atoms with Crippen molar-refractivity contribution in [3.8, 4) is 5.75 Å². The lowest BCUT2D eigenvalue weighted by atomic mass is 10.1. The number of sulfonamides is 1. The first kappa shape index (κ1) is 31.5. The average Bonchev–Trinajstić information content (AvgIpc) is 2.82. The van der Waals surface area contributed by atoms with Gasteiger partial charge in [0.15, 0.2) is 10.0 Å². The Hall–Kier alpha value is -2.71. The van der Waals surface area contributed by atoms with E-state index in [0.717, 1.165) is 24.8 Å². The van der Waals surface area contributed by atoms with E-state index in [0.29, 0.717) is 37.3 Å². The molecule has 0 heterocycles. The van der Waals surface area contributed by atoms with Gasteiger partial charge in [-0.15, -0.1) is 0 Å². The number of nitrogens with one attached hydrogen (secondary N) is 3. The van der Waals surface area contributed by atoms with Gasteiger partial charge in [0.25, 0.3) is 5.91 Å². The summed E-state index contributed by atoms with van der Waals surface area (Å²) in [5.74, 6) is -0.250. The molecule has 0 aliphatic heterocycles. The van der Waals surface area contributed by atoms with Gasteiger partial charge >= 0.3 is 0 Å². The molecule has 2 aromatic rings. The van der Waals surface area contributed by atoms with E-state index in [1.54, 1.807) is 18.2 Å². The minimum atomic E-state index is -3.60. The molecule has 0 saturated heterocycles. The lowest BCUT2D eigenvalue weighted by molar-refractivity contribution is 0.0942. The van der Waals surface area contributed by atoms with Crippen molar-refractivity contribution in [2.45, 2.75) is 38.0 Å². The molecule has 0 aliphatic carbocycles. The Balaban J connectivity index is 1.92. The minimum absolute atomic E-state index is 0.123. The van der Waals surface area contributed by atoms with E-state index in [4.69, 9.17) is 14.1 Å². The topological polar surface area (TPSA) is 169 Å². The number of carbonyl (C=O) groups excluding carboxylic acids is 1. The largest absolute Gasteiger partial charge is 0.492 e. The Morgan fingerprint density at radius 3 is 2.37 bits per heavy atom. The zero-order valence-electron chi connectivity index (χ0n) is 22.0. The van der Waals surface area contributed by atoms with E-state index >= 15 is 0 Å². The molecule has 0 aromatic heterocycles. The monoisotopic (exact) mass is 570 g/mol. The number of likely N-dealkylation sites (N-methyl/N-ethyl adjacent to an activating group) is 1. The highest BCUT2D eigenvalue weighted by Crippen LogP contribution is 2.23. The summed E-state index contributed by atoms with van der Waals surface area (Å²) in [6, 6.07) is 11.8. The third kappa shape index (κ3) is 12.2. The second-order valence-electron chi connectivity index (χ2n) is 9.19. The molecule has 5 N–H and O–H groups in total. The number of hydrogen-bond acceptors (Lipinski definition) is 8. The Morgan fingerprint density at radius 2 is 1.76 bits per heavy atom. The summed E-state index contributed by atoms with van der Waals surface area (Å²) < 4.78 is 59.1. The van der Waals surface area contributed by atoms with Crippen LogP contribution in [0.3, 0.4) is 0 Å². The molecule has 0 bridgehead atoms. The van der Waals surface area contributed by atoms with Crippen LogP contribution in [0.2, 0.25) is 0 Å². The van der Waals surface area contributed by atoms with Crippen LogP contribution in [0.5, 0.6) is 5.75 Å². The smallest absolute Gasteiger partial charge is 0.253 e. The number of nitrogens with zero attached hydrogens (tertiary/aromatic N) is 1.